The fourth-order valence-electron chi connectivity index (χ4n) is 1.32. The Hall–Kier alpha value is -2.43. The number of nitrogens with zero attached hydrogens (tertiary/aromatic N) is 1. The van der Waals surface area contributed by atoms with Crippen molar-refractivity contribution in [3.05, 3.63) is 54.1 Å². The van der Waals surface area contributed by atoms with Crippen LogP contribution in [0.25, 0.3) is 0 Å². The van der Waals surface area contributed by atoms with E-state index in [4.69, 9.17) is 5.73 Å². The number of nitrogens with one attached hydrogen (secondary N) is 1. The van der Waals surface area contributed by atoms with Gasteiger partial charge in [0.05, 0.1) is 11.3 Å². The number of carbonyl (C=O) groups is 1. The van der Waals surface area contributed by atoms with E-state index in [-0.39, 0.29) is 5.69 Å². The zero-order chi connectivity index (χ0) is 12.3. The van der Waals surface area contributed by atoms with Gasteiger partial charge in [-0.05, 0) is 30.3 Å². The number of halogens is 1. The predicted molar refractivity (Wildman–Crippen MR) is 63.0 cm³/mol. The third-order valence-corrected chi connectivity index (χ3v) is 2.17. The van der Waals surface area contributed by atoms with Crippen LogP contribution >= 0.6 is 0 Å². The van der Waals surface area contributed by atoms with Crippen LogP contribution in [0.4, 0.5) is 15.8 Å². The molecule has 0 fully saturated rings. The number of pyridine rings is 1. The number of hydrogen-bond acceptors (Lipinski definition) is 3. The summed E-state index contributed by atoms with van der Waals surface area (Å²) in [5, 5.41) is 2.44. The first-order chi connectivity index (χ1) is 8.16. The summed E-state index contributed by atoms with van der Waals surface area (Å²) in [5.74, 6) is -0.982. The SMILES string of the molecule is Nc1ccc(NC(=O)c2cccnc2)c(F)c1. The fraction of sp³-hybridized carbons (Fsp3) is 0. The Labute approximate surface area is 97.3 Å². The van der Waals surface area contributed by atoms with Crippen molar-refractivity contribution in [1.82, 2.24) is 4.98 Å². The van der Waals surface area contributed by atoms with Crippen molar-refractivity contribution >= 4 is 17.3 Å². The first-order valence-corrected chi connectivity index (χ1v) is 4.93. The second-order valence-electron chi connectivity index (χ2n) is 3.44. The van der Waals surface area contributed by atoms with Gasteiger partial charge in [-0.15, -0.1) is 0 Å². The van der Waals surface area contributed by atoms with Crippen molar-refractivity contribution in [2.45, 2.75) is 0 Å². The van der Waals surface area contributed by atoms with Crippen LogP contribution in [0.15, 0.2) is 42.7 Å². The molecule has 3 N–H and O–H groups in total. The number of benzene rings is 1. The van der Waals surface area contributed by atoms with Gasteiger partial charge < -0.3 is 11.1 Å². The van der Waals surface area contributed by atoms with Gasteiger partial charge in [-0.3, -0.25) is 9.78 Å². The quantitative estimate of drug-likeness (QED) is 0.777. The Morgan fingerprint density at radius 2 is 2.18 bits per heavy atom. The number of rotatable bonds is 2. The average molecular weight is 231 g/mol. The van der Waals surface area contributed by atoms with Gasteiger partial charge in [0, 0.05) is 18.1 Å². The van der Waals surface area contributed by atoms with E-state index in [1.54, 1.807) is 18.3 Å². The van der Waals surface area contributed by atoms with E-state index < -0.39 is 11.7 Å². The van der Waals surface area contributed by atoms with Gasteiger partial charge in [-0.1, -0.05) is 0 Å². The van der Waals surface area contributed by atoms with Crippen LogP contribution < -0.4 is 11.1 Å². The molecule has 0 aliphatic heterocycles. The number of nitrogen functional groups attached to an aromatic ring is 1. The molecule has 0 saturated heterocycles. The maximum absolute atomic E-state index is 13.4. The smallest absolute Gasteiger partial charge is 0.257 e. The molecule has 0 aliphatic carbocycles. The molecule has 5 heteroatoms. The molecule has 1 amide bonds. The number of hydrogen-bond donors (Lipinski definition) is 2. The van der Waals surface area contributed by atoms with Gasteiger partial charge >= 0.3 is 0 Å². The molecule has 0 aliphatic rings. The molecule has 4 nitrogen and oxygen atoms in total. The van der Waals surface area contributed by atoms with E-state index >= 15 is 0 Å². The number of nitrogens with two attached hydrogens (primary N) is 1. The minimum absolute atomic E-state index is 0.0908. The average Bonchev–Trinajstić information content (AvgIpc) is 2.34. The van der Waals surface area contributed by atoms with Crippen molar-refractivity contribution in [3.63, 3.8) is 0 Å². The Kier molecular flexibility index (Phi) is 3.00. The third kappa shape index (κ3) is 2.57. The summed E-state index contributed by atoms with van der Waals surface area (Å²) < 4.78 is 13.4. The summed E-state index contributed by atoms with van der Waals surface area (Å²) in [7, 11) is 0. The number of anilines is 2. The minimum atomic E-state index is -0.567. The van der Waals surface area contributed by atoms with Gasteiger partial charge in [0.15, 0.2) is 0 Å². The van der Waals surface area contributed by atoms with Crippen molar-refractivity contribution in [1.29, 1.82) is 0 Å². The Bertz CT molecular complexity index is 543. The highest BCUT2D eigenvalue weighted by atomic mass is 19.1. The monoisotopic (exact) mass is 231 g/mol. The standard InChI is InChI=1S/C12H10FN3O/c13-10-6-9(14)3-4-11(10)16-12(17)8-2-1-5-15-7-8/h1-7H,14H2,(H,16,17). The molecule has 0 radical (unpaired) electrons. The maximum Gasteiger partial charge on any atom is 0.257 e. The topological polar surface area (TPSA) is 68.0 Å². The Morgan fingerprint density at radius 1 is 1.35 bits per heavy atom. The Morgan fingerprint density at radius 3 is 2.82 bits per heavy atom. The van der Waals surface area contributed by atoms with Gasteiger partial charge in [0.2, 0.25) is 0 Å². The summed E-state index contributed by atoms with van der Waals surface area (Å²) in [6.07, 6.45) is 2.96. The molecule has 17 heavy (non-hydrogen) atoms. The van der Waals surface area contributed by atoms with Gasteiger partial charge in [0.25, 0.3) is 5.91 Å². The molecule has 0 atom stereocenters. The molecule has 0 unspecified atom stereocenters. The minimum Gasteiger partial charge on any atom is -0.399 e. The van der Waals surface area contributed by atoms with E-state index in [0.717, 1.165) is 6.07 Å². The predicted octanol–water partition coefficient (Wildman–Crippen LogP) is 2.06. The first-order valence-electron chi connectivity index (χ1n) is 4.93. The lowest BCUT2D eigenvalue weighted by molar-refractivity contribution is 0.102. The van der Waals surface area contributed by atoms with Gasteiger partial charge in [-0.25, -0.2) is 4.39 Å². The van der Waals surface area contributed by atoms with Crippen molar-refractivity contribution in [3.8, 4) is 0 Å². The highest BCUT2D eigenvalue weighted by Gasteiger charge is 2.09. The largest absolute Gasteiger partial charge is 0.399 e. The van der Waals surface area contributed by atoms with Crippen LogP contribution in [-0.4, -0.2) is 10.9 Å². The normalized spacial score (nSPS) is 9.94. The van der Waals surface area contributed by atoms with Crippen LogP contribution in [0.3, 0.4) is 0 Å². The molecular formula is C12H10FN3O. The van der Waals surface area contributed by atoms with Crippen LogP contribution in [0.5, 0.6) is 0 Å². The molecule has 1 aromatic carbocycles. The van der Waals surface area contributed by atoms with Gasteiger partial charge in [0.1, 0.15) is 5.82 Å². The highest BCUT2D eigenvalue weighted by molar-refractivity contribution is 6.04. The van der Waals surface area contributed by atoms with Crippen molar-refractivity contribution in [2.24, 2.45) is 0 Å². The van der Waals surface area contributed by atoms with E-state index in [1.807, 2.05) is 0 Å². The molecule has 0 saturated carbocycles. The summed E-state index contributed by atoms with van der Waals surface area (Å²) in [4.78, 5) is 15.5. The molecule has 0 bridgehead atoms. The number of amides is 1. The van der Waals surface area contributed by atoms with Crippen LogP contribution in [0.2, 0.25) is 0 Å². The lowest BCUT2D eigenvalue weighted by Gasteiger charge is -2.06. The summed E-state index contributed by atoms with van der Waals surface area (Å²) >= 11 is 0. The molecule has 86 valence electrons. The summed E-state index contributed by atoms with van der Waals surface area (Å²) in [5.41, 5.74) is 6.17. The van der Waals surface area contributed by atoms with E-state index in [9.17, 15) is 9.18 Å². The van der Waals surface area contributed by atoms with E-state index in [2.05, 4.69) is 10.3 Å². The van der Waals surface area contributed by atoms with Crippen LogP contribution in [-0.2, 0) is 0 Å². The zero-order valence-corrected chi connectivity index (χ0v) is 8.85. The van der Waals surface area contributed by atoms with Crippen molar-refractivity contribution in [2.75, 3.05) is 11.1 Å². The van der Waals surface area contributed by atoms with E-state index in [1.165, 1.54) is 18.3 Å². The van der Waals surface area contributed by atoms with Crippen LogP contribution in [0.1, 0.15) is 10.4 Å². The number of aromatic nitrogens is 1. The summed E-state index contributed by atoms with van der Waals surface area (Å²) in [6.45, 7) is 0. The fourth-order valence-corrected chi connectivity index (χ4v) is 1.32. The molecule has 2 rings (SSSR count). The summed E-state index contributed by atoms with van der Waals surface area (Å²) in [6, 6.07) is 7.31. The second kappa shape index (κ2) is 4.61. The molecule has 0 spiro atoms. The molecule has 2 aromatic rings. The lowest BCUT2D eigenvalue weighted by Crippen LogP contribution is -2.13. The highest BCUT2D eigenvalue weighted by Crippen LogP contribution is 2.17. The van der Waals surface area contributed by atoms with E-state index in [0.29, 0.717) is 11.3 Å². The molecular weight excluding hydrogens is 221 g/mol. The van der Waals surface area contributed by atoms with Crippen LogP contribution in [0, 0.1) is 5.82 Å². The lowest BCUT2D eigenvalue weighted by atomic mass is 10.2. The number of carbonyl (C=O) groups excluding carboxylic acids is 1. The zero-order valence-electron chi connectivity index (χ0n) is 8.85. The first kappa shape index (κ1) is 11.1. The third-order valence-electron chi connectivity index (χ3n) is 2.17. The van der Waals surface area contributed by atoms with Gasteiger partial charge in [-0.2, -0.15) is 0 Å². The maximum atomic E-state index is 13.4. The molecule has 1 heterocycles. The van der Waals surface area contributed by atoms with Crippen molar-refractivity contribution < 1.29 is 9.18 Å². The molecule has 1 aromatic heterocycles. The Balaban J connectivity index is 2.19. The second-order valence-corrected chi connectivity index (χ2v) is 3.44.